The number of aromatic nitrogens is 3. The number of aromatic amines is 1. The van der Waals surface area contributed by atoms with E-state index >= 15 is 0 Å². The number of rotatable bonds is 6. The molecule has 2 N–H and O–H groups in total. The lowest BCUT2D eigenvalue weighted by Crippen LogP contribution is -2.40. The Labute approximate surface area is 120 Å². The fraction of sp³-hybridized carbons (Fsp3) is 0.500. The fourth-order valence-corrected chi connectivity index (χ4v) is 2.89. The van der Waals surface area contributed by atoms with Gasteiger partial charge in [0.05, 0.1) is 6.20 Å². The van der Waals surface area contributed by atoms with Gasteiger partial charge in [-0.15, -0.1) is 0 Å². The molecule has 3 rings (SSSR count). The lowest BCUT2D eigenvalue weighted by atomic mass is 9.76. The largest absolute Gasteiger partial charge is 0.314 e. The Morgan fingerprint density at radius 1 is 1.35 bits per heavy atom. The van der Waals surface area contributed by atoms with Gasteiger partial charge >= 0.3 is 0 Å². The summed E-state index contributed by atoms with van der Waals surface area (Å²) in [6, 6.07) is 4.91. The summed E-state index contributed by atoms with van der Waals surface area (Å²) in [4.78, 5) is 4.20. The summed E-state index contributed by atoms with van der Waals surface area (Å²) >= 11 is 0. The highest BCUT2D eigenvalue weighted by atomic mass is 15.1. The lowest BCUT2D eigenvalue weighted by molar-refractivity contribution is 0.290. The molecular weight excluding hydrogens is 248 g/mol. The van der Waals surface area contributed by atoms with Crippen molar-refractivity contribution in [3.8, 4) is 0 Å². The predicted molar refractivity (Wildman–Crippen MR) is 79.6 cm³/mol. The van der Waals surface area contributed by atoms with Crippen LogP contribution >= 0.6 is 0 Å². The van der Waals surface area contributed by atoms with Crippen LogP contribution in [-0.4, -0.2) is 27.8 Å². The standard InChI is InChI=1S/C16H22N4/c1-12-13(11-19-20-12)4-3-7-18-16-8-15(9-16)14-5-2-6-17-10-14/h2,5-6,10-11,15-16,18H,3-4,7-9H2,1H3,(H,19,20). The molecule has 0 spiro atoms. The molecule has 2 aromatic heterocycles. The highest BCUT2D eigenvalue weighted by Crippen LogP contribution is 2.36. The number of nitrogens with zero attached hydrogens (tertiary/aromatic N) is 2. The molecular formula is C16H22N4. The van der Waals surface area contributed by atoms with Gasteiger partial charge in [0.2, 0.25) is 0 Å². The third-order valence-corrected chi connectivity index (χ3v) is 4.28. The summed E-state index contributed by atoms with van der Waals surface area (Å²) in [5.74, 6) is 0.706. The predicted octanol–water partition coefficient (Wildman–Crippen LogP) is 2.58. The van der Waals surface area contributed by atoms with Gasteiger partial charge < -0.3 is 5.32 Å². The maximum absolute atomic E-state index is 4.20. The molecule has 4 nitrogen and oxygen atoms in total. The van der Waals surface area contributed by atoms with Crippen LogP contribution in [0.3, 0.4) is 0 Å². The zero-order valence-corrected chi connectivity index (χ0v) is 12.0. The third kappa shape index (κ3) is 3.07. The van der Waals surface area contributed by atoms with Crippen molar-refractivity contribution < 1.29 is 0 Å². The Morgan fingerprint density at radius 3 is 2.95 bits per heavy atom. The van der Waals surface area contributed by atoms with E-state index in [0.29, 0.717) is 12.0 Å². The summed E-state index contributed by atoms with van der Waals surface area (Å²) in [7, 11) is 0. The van der Waals surface area contributed by atoms with Crippen molar-refractivity contribution >= 4 is 0 Å². The maximum atomic E-state index is 4.20. The van der Waals surface area contributed by atoms with Crippen molar-refractivity contribution in [1.29, 1.82) is 0 Å². The summed E-state index contributed by atoms with van der Waals surface area (Å²) in [6.45, 7) is 3.18. The van der Waals surface area contributed by atoms with Gasteiger partial charge in [-0.05, 0) is 62.3 Å². The first-order valence-corrected chi connectivity index (χ1v) is 7.45. The molecule has 1 saturated carbocycles. The van der Waals surface area contributed by atoms with Gasteiger partial charge in [0.25, 0.3) is 0 Å². The zero-order chi connectivity index (χ0) is 13.8. The van der Waals surface area contributed by atoms with Crippen LogP contribution in [-0.2, 0) is 6.42 Å². The molecule has 4 heteroatoms. The Balaban J connectivity index is 1.33. The molecule has 0 bridgehead atoms. The molecule has 0 aliphatic heterocycles. The first-order valence-electron chi connectivity index (χ1n) is 7.45. The van der Waals surface area contributed by atoms with Crippen molar-refractivity contribution in [2.75, 3.05) is 6.54 Å². The lowest BCUT2D eigenvalue weighted by Gasteiger charge is -2.36. The molecule has 0 radical (unpaired) electrons. The summed E-state index contributed by atoms with van der Waals surface area (Å²) < 4.78 is 0. The zero-order valence-electron chi connectivity index (χ0n) is 12.0. The second-order valence-electron chi connectivity index (χ2n) is 5.73. The van der Waals surface area contributed by atoms with Gasteiger partial charge in [0, 0.05) is 24.1 Å². The van der Waals surface area contributed by atoms with E-state index in [1.54, 1.807) is 0 Å². The summed E-state index contributed by atoms with van der Waals surface area (Å²) in [5, 5.41) is 10.7. The van der Waals surface area contributed by atoms with Crippen LogP contribution < -0.4 is 5.32 Å². The van der Waals surface area contributed by atoms with Gasteiger partial charge in [-0.25, -0.2) is 0 Å². The minimum atomic E-state index is 0.686. The highest BCUT2D eigenvalue weighted by molar-refractivity contribution is 5.19. The second-order valence-corrected chi connectivity index (χ2v) is 5.73. The summed E-state index contributed by atoms with van der Waals surface area (Å²) in [6.07, 6.45) is 10.6. The average Bonchev–Trinajstić information content (AvgIpc) is 2.83. The number of hydrogen-bond acceptors (Lipinski definition) is 3. The van der Waals surface area contributed by atoms with E-state index in [4.69, 9.17) is 0 Å². The Hall–Kier alpha value is -1.68. The molecule has 2 aromatic rings. The number of pyridine rings is 1. The smallest absolute Gasteiger partial charge is 0.0522 e. The number of aryl methyl sites for hydroxylation is 2. The van der Waals surface area contributed by atoms with E-state index in [-0.39, 0.29) is 0 Å². The van der Waals surface area contributed by atoms with Gasteiger partial charge in [-0.1, -0.05) is 6.07 Å². The first-order chi connectivity index (χ1) is 9.83. The van der Waals surface area contributed by atoms with E-state index in [1.807, 2.05) is 24.7 Å². The average molecular weight is 270 g/mol. The highest BCUT2D eigenvalue weighted by Gasteiger charge is 2.29. The van der Waals surface area contributed by atoms with Crippen LogP contribution in [0.5, 0.6) is 0 Å². The molecule has 0 amide bonds. The number of nitrogens with one attached hydrogen (secondary N) is 2. The minimum absolute atomic E-state index is 0.686. The van der Waals surface area contributed by atoms with Gasteiger partial charge in [-0.3, -0.25) is 10.1 Å². The second kappa shape index (κ2) is 6.18. The minimum Gasteiger partial charge on any atom is -0.314 e. The van der Waals surface area contributed by atoms with E-state index in [9.17, 15) is 0 Å². The van der Waals surface area contributed by atoms with Crippen LogP contribution in [0, 0.1) is 6.92 Å². The third-order valence-electron chi connectivity index (χ3n) is 4.28. The molecule has 0 unspecified atom stereocenters. The molecule has 1 fully saturated rings. The Morgan fingerprint density at radius 2 is 2.25 bits per heavy atom. The van der Waals surface area contributed by atoms with Crippen LogP contribution in [0.4, 0.5) is 0 Å². The van der Waals surface area contributed by atoms with Crippen molar-refractivity contribution in [2.24, 2.45) is 0 Å². The Kier molecular flexibility index (Phi) is 4.11. The molecule has 2 heterocycles. The number of H-pyrrole nitrogens is 1. The van der Waals surface area contributed by atoms with E-state index in [2.05, 4.69) is 33.5 Å². The van der Waals surface area contributed by atoms with Crippen LogP contribution in [0.1, 0.15) is 42.0 Å². The number of hydrogen-bond donors (Lipinski definition) is 2. The van der Waals surface area contributed by atoms with Crippen LogP contribution in [0.15, 0.2) is 30.7 Å². The fourth-order valence-electron chi connectivity index (χ4n) is 2.89. The van der Waals surface area contributed by atoms with Crippen molar-refractivity contribution in [3.63, 3.8) is 0 Å². The van der Waals surface area contributed by atoms with Crippen molar-refractivity contribution in [3.05, 3.63) is 47.5 Å². The van der Waals surface area contributed by atoms with Crippen molar-refractivity contribution in [1.82, 2.24) is 20.5 Å². The quantitative estimate of drug-likeness (QED) is 0.793. The topological polar surface area (TPSA) is 53.6 Å². The van der Waals surface area contributed by atoms with E-state index in [1.165, 1.54) is 36.1 Å². The monoisotopic (exact) mass is 270 g/mol. The summed E-state index contributed by atoms with van der Waals surface area (Å²) in [5.41, 5.74) is 3.93. The molecule has 0 atom stereocenters. The van der Waals surface area contributed by atoms with E-state index < -0.39 is 0 Å². The molecule has 20 heavy (non-hydrogen) atoms. The maximum Gasteiger partial charge on any atom is 0.0522 e. The van der Waals surface area contributed by atoms with Gasteiger partial charge in [-0.2, -0.15) is 5.10 Å². The van der Waals surface area contributed by atoms with E-state index in [0.717, 1.165) is 13.0 Å². The van der Waals surface area contributed by atoms with Crippen LogP contribution in [0.2, 0.25) is 0 Å². The molecule has 1 aliphatic carbocycles. The molecule has 0 saturated heterocycles. The van der Waals surface area contributed by atoms with Crippen LogP contribution in [0.25, 0.3) is 0 Å². The normalized spacial score (nSPS) is 21.6. The van der Waals surface area contributed by atoms with Gasteiger partial charge in [0.1, 0.15) is 0 Å². The van der Waals surface area contributed by atoms with Crippen molar-refractivity contribution in [2.45, 2.75) is 44.6 Å². The Bertz CT molecular complexity index is 528. The molecule has 1 aliphatic rings. The van der Waals surface area contributed by atoms with Gasteiger partial charge in [0.15, 0.2) is 0 Å². The molecule has 0 aromatic carbocycles. The molecule has 106 valence electrons. The first kappa shape index (κ1) is 13.3. The SMILES string of the molecule is Cc1[nH]ncc1CCCNC1CC(c2cccnc2)C1.